The Kier molecular flexibility index (Phi) is 5.31. The molecule has 0 amide bonds. The van der Waals surface area contributed by atoms with Gasteiger partial charge in [-0.15, -0.1) is 0 Å². The second-order valence-corrected chi connectivity index (χ2v) is 6.89. The van der Waals surface area contributed by atoms with Crippen molar-refractivity contribution in [2.24, 2.45) is 0 Å². The van der Waals surface area contributed by atoms with Crippen LogP contribution in [0.25, 0.3) is 22.4 Å². The van der Waals surface area contributed by atoms with Crippen LogP contribution >= 0.6 is 11.6 Å². The molecule has 4 rings (SSSR count). The Morgan fingerprint density at radius 3 is 2.41 bits per heavy atom. The van der Waals surface area contributed by atoms with Gasteiger partial charge in [0.2, 0.25) is 5.95 Å². The highest BCUT2D eigenvalue weighted by molar-refractivity contribution is 6.30. The third-order valence-corrected chi connectivity index (χ3v) is 4.69. The van der Waals surface area contributed by atoms with Gasteiger partial charge >= 0.3 is 0 Å². The highest BCUT2D eigenvalue weighted by Crippen LogP contribution is 2.37. The lowest BCUT2D eigenvalue weighted by atomic mass is 10.00. The summed E-state index contributed by atoms with van der Waals surface area (Å²) in [4.78, 5) is 8.47. The van der Waals surface area contributed by atoms with Crippen LogP contribution in [0.1, 0.15) is 5.56 Å². The summed E-state index contributed by atoms with van der Waals surface area (Å²) in [5, 5.41) is 11.3. The number of phenols is 1. The minimum absolute atomic E-state index is 0.0499. The number of halogens is 1. The van der Waals surface area contributed by atoms with Gasteiger partial charge in [0, 0.05) is 28.4 Å². The average Bonchev–Trinajstić information content (AvgIpc) is 2.74. The smallest absolute Gasteiger partial charge is 0.220 e. The zero-order valence-electron chi connectivity index (χ0n) is 15.4. The Labute approximate surface area is 173 Å². The summed E-state index contributed by atoms with van der Waals surface area (Å²) in [7, 11) is 0. The van der Waals surface area contributed by atoms with E-state index in [9.17, 15) is 5.11 Å². The molecule has 3 N–H and O–H groups in total. The number of aromatic nitrogens is 2. The number of ether oxygens (including phenoxy) is 1. The summed E-state index contributed by atoms with van der Waals surface area (Å²) < 4.78 is 5.78. The number of hydrogen-bond acceptors (Lipinski definition) is 5. The monoisotopic (exact) mass is 403 g/mol. The van der Waals surface area contributed by atoms with Crippen LogP contribution in [0.2, 0.25) is 5.02 Å². The number of hydrogen-bond donors (Lipinski definition) is 2. The van der Waals surface area contributed by atoms with Crippen molar-refractivity contribution in [3.05, 3.63) is 89.6 Å². The van der Waals surface area contributed by atoms with Crippen LogP contribution in [0.15, 0.2) is 79.0 Å². The predicted molar refractivity (Wildman–Crippen MR) is 115 cm³/mol. The molecule has 5 nitrogen and oxygen atoms in total. The summed E-state index contributed by atoms with van der Waals surface area (Å²) in [6.45, 7) is 0.367. The summed E-state index contributed by atoms with van der Waals surface area (Å²) >= 11 is 5.90. The van der Waals surface area contributed by atoms with E-state index in [4.69, 9.17) is 22.1 Å². The fraction of sp³-hybridized carbons (Fsp3) is 0.0435. The molecule has 4 aromatic rings. The molecule has 29 heavy (non-hydrogen) atoms. The molecule has 0 aliphatic rings. The van der Waals surface area contributed by atoms with Gasteiger partial charge in [-0.25, -0.2) is 9.97 Å². The van der Waals surface area contributed by atoms with E-state index in [1.807, 2.05) is 54.6 Å². The number of nitrogens with zero attached hydrogens (tertiary/aromatic N) is 2. The molecule has 1 heterocycles. The summed E-state index contributed by atoms with van der Waals surface area (Å²) in [5.74, 6) is 0.737. The van der Waals surface area contributed by atoms with Crippen LogP contribution in [0, 0.1) is 0 Å². The van der Waals surface area contributed by atoms with E-state index in [1.54, 1.807) is 24.4 Å². The Balaban J connectivity index is 1.63. The molecule has 144 valence electrons. The molecular weight excluding hydrogens is 386 g/mol. The average molecular weight is 404 g/mol. The van der Waals surface area contributed by atoms with Gasteiger partial charge in [0.15, 0.2) is 0 Å². The lowest BCUT2D eigenvalue weighted by Gasteiger charge is -2.12. The standard InChI is InChI=1S/C23H18ClN3O2/c24-17-8-6-15(7-9-17)14-29-18-10-11-19(21(28)12-18)22-20(13-26-23(25)27-22)16-4-2-1-3-5-16/h1-13,28H,14H2,(H2,25,26,27). The molecule has 0 saturated heterocycles. The number of aromatic hydroxyl groups is 1. The highest BCUT2D eigenvalue weighted by Gasteiger charge is 2.15. The van der Waals surface area contributed by atoms with Crippen molar-refractivity contribution in [2.45, 2.75) is 6.61 Å². The van der Waals surface area contributed by atoms with Crippen LogP contribution in [0.4, 0.5) is 5.95 Å². The van der Waals surface area contributed by atoms with E-state index < -0.39 is 0 Å². The summed E-state index contributed by atoms with van der Waals surface area (Å²) in [5.41, 5.74) is 9.62. The van der Waals surface area contributed by atoms with Crippen LogP contribution in [0.5, 0.6) is 11.5 Å². The quantitative estimate of drug-likeness (QED) is 0.470. The molecule has 0 unspecified atom stereocenters. The van der Waals surface area contributed by atoms with E-state index >= 15 is 0 Å². The van der Waals surface area contributed by atoms with E-state index in [1.165, 1.54) is 0 Å². The first kappa shape index (κ1) is 18.8. The Morgan fingerprint density at radius 2 is 1.69 bits per heavy atom. The van der Waals surface area contributed by atoms with Gasteiger partial charge in [-0.3, -0.25) is 0 Å². The molecule has 1 aromatic heterocycles. The molecule has 0 aliphatic heterocycles. The van der Waals surface area contributed by atoms with E-state index in [2.05, 4.69) is 9.97 Å². The molecule has 3 aromatic carbocycles. The molecule has 0 saturated carbocycles. The molecule has 0 spiro atoms. The number of phenolic OH excluding ortho intramolecular Hbond substituents is 1. The zero-order valence-corrected chi connectivity index (χ0v) is 16.2. The van der Waals surface area contributed by atoms with Gasteiger partial charge in [0.1, 0.15) is 18.1 Å². The fourth-order valence-corrected chi connectivity index (χ4v) is 3.10. The second-order valence-electron chi connectivity index (χ2n) is 6.45. The van der Waals surface area contributed by atoms with Gasteiger partial charge in [-0.1, -0.05) is 54.1 Å². The van der Waals surface area contributed by atoms with Crippen molar-refractivity contribution < 1.29 is 9.84 Å². The Bertz CT molecular complexity index is 1130. The molecule has 0 aliphatic carbocycles. The fourth-order valence-electron chi connectivity index (χ4n) is 2.98. The SMILES string of the molecule is Nc1ncc(-c2ccccc2)c(-c2ccc(OCc3ccc(Cl)cc3)cc2O)n1. The highest BCUT2D eigenvalue weighted by atomic mass is 35.5. The first-order valence-corrected chi connectivity index (χ1v) is 9.36. The van der Waals surface area contributed by atoms with Crippen molar-refractivity contribution in [3.63, 3.8) is 0 Å². The van der Waals surface area contributed by atoms with Crippen molar-refractivity contribution in [1.29, 1.82) is 0 Å². The number of nitrogen functional groups attached to an aromatic ring is 1. The number of nitrogens with two attached hydrogens (primary N) is 1. The summed E-state index contributed by atoms with van der Waals surface area (Å²) in [6, 6.07) is 22.3. The molecule has 6 heteroatoms. The minimum atomic E-state index is 0.0499. The van der Waals surface area contributed by atoms with Gasteiger partial charge in [-0.05, 0) is 35.4 Å². The lowest BCUT2D eigenvalue weighted by molar-refractivity contribution is 0.304. The Hall–Kier alpha value is -3.57. The van der Waals surface area contributed by atoms with Gasteiger partial charge in [-0.2, -0.15) is 0 Å². The van der Waals surface area contributed by atoms with Gasteiger partial charge in [0.05, 0.1) is 5.69 Å². The van der Waals surface area contributed by atoms with Crippen molar-refractivity contribution in [3.8, 4) is 33.9 Å². The molecule has 0 fully saturated rings. The van der Waals surface area contributed by atoms with Crippen LogP contribution in [-0.4, -0.2) is 15.1 Å². The molecule has 0 atom stereocenters. The van der Waals surface area contributed by atoms with Crippen LogP contribution in [-0.2, 0) is 6.61 Å². The number of rotatable bonds is 5. The third kappa shape index (κ3) is 4.31. The van der Waals surface area contributed by atoms with Crippen molar-refractivity contribution >= 4 is 17.5 Å². The predicted octanol–water partition coefficient (Wildman–Crippen LogP) is 5.33. The van der Waals surface area contributed by atoms with Gasteiger partial charge < -0.3 is 15.6 Å². The van der Waals surface area contributed by atoms with E-state index in [0.717, 1.165) is 16.7 Å². The van der Waals surface area contributed by atoms with Crippen LogP contribution < -0.4 is 10.5 Å². The normalized spacial score (nSPS) is 10.7. The number of anilines is 1. The van der Waals surface area contributed by atoms with Crippen molar-refractivity contribution in [2.75, 3.05) is 5.73 Å². The minimum Gasteiger partial charge on any atom is -0.507 e. The lowest BCUT2D eigenvalue weighted by Crippen LogP contribution is -1.99. The Morgan fingerprint density at radius 1 is 0.931 bits per heavy atom. The largest absolute Gasteiger partial charge is 0.507 e. The topological polar surface area (TPSA) is 81.3 Å². The maximum Gasteiger partial charge on any atom is 0.220 e. The molecule has 0 bridgehead atoms. The van der Waals surface area contributed by atoms with Gasteiger partial charge in [0.25, 0.3) is 0 Å². The van der Waals surface area contributed by atoms with Crippen LogP contribution in [0.3, 0.4) is 0 Å². The maximum atomic E-state index is 10.6. The zero-order chi connectivity index (χ0) is 20.2. The first-order chi connectivity index (χ1) is 14.1. The molecule has 0 radical (unpaired) electrons. The first-order valence-electron chi connectivity index (χ1n) is 8.99. The van der Waals surface area contributed by atoms with E-state index in [-0.39, 0.29) is 11.7 Å². The molecular formula is C23H18ClN3O2. The third-order valence-electron chi connectivity index (χ3n) is 4.44. The maximum absolute atomic E-state index is 10.6. The summed E-state index contributed by atoms with van der Waals surface area (Å²) in [6.07, 6.45) is 1.66. The van der Waals surface area contributed by atoms with E-state index in [0.29, 0.717) is 28.6 Å². The van der Waals surface area contributed by atoms with Crippen molar-refractivity contribution in [1.82, 2.24) is 9.97 Å². The second kappa shape index (κ2) is 8.20. The number of benzene rings is 3.